The molecule has 1 N–H and O–H groups in total. The molecule has 2 aromatic carbocycles. The van der Waals surface area contributed by atoms with Crippen LogP contribution in [0.15, 0.2) is 60.8 Å². The van der Waals surface area contributed by atoms with Gasteiger partial charge in [0.15, 0.2) is 0 Å². The van der Waals surface area contributed by atoms with Crippen molar-refractivity contribution in [2.45, 2.75) is 32.6 Å². The second-order valence-electron chi connectivity index (χ2n) is 5.71. The van der Waals surface area contributed by atoms with Gasteiger partial charge < -0.3 is 4.98 Å². The van der Waals surface area contributed by atoms with E-state index in [1.807, 2.05) is 12.3 Å². The average molecular weight is 290 g/mol. The fraction of sp³-hybridized carbons (Fsp3) is 0.250. The monoisotopic (exact) mass is 290 g/mol. The molecule has 0 amide bonds. The van der Waals surface area contributed by atoms with E-state index in [0.29, 0.717) is 0 Å². The van der Waals surface area contributed by atoms with Gasteiger partial charge in [-0.2, -0.15) is 0 Å². The van der Waals surface area contributed by atoms with Gasteiger partial charge in [0.1, 0.15) is 5.82 Å². The van der Waals surface area contributed by atoms with Crippen LogP contribution in [0.1, 0.15) is 36.7 Å². The molecule has 0 spiro atoms. The molecule has 3 rings (SSSR count). The maximum absolute atomic E-state index is 4.50. The SMILES string of the molecule is CCCCc1ccc(-c2cnc(Cc3ccccc3)[nH]2)cc1. The lowest BCUT2D eigenvalue weighted by atomic mass is 10.1. The van der Waals surface area contributed by atoms with Gasteiger partial charge in [-0.25, -0.2) is 4.98 Å². The number of nitrogens with zero attached hydrogens (tertiary/aromatic N) is 1. The molecular weight excluding hydrogens is 268 g/mol. The number of nitrogens with one attached hydrogen (secondary N) is 1. The highest BCUT2D eigenvalue weighted by atomic mass is 14.9. The van der Waals surface area contributed by atoms with Gasteiger partial charge in [-0.15, -0.1) is 0 Å². The topological polar surface area (TPSA) is 28.7 Å². The van der Waals surface area contributed by atoms with E-state index in [0.717, 1.165) is 17.9 Å². The Labute approximate surface area is 132 Å². The molecule has 0 aliphatic carbocycles. The summed E-state index contributed by atoms with van der Waals surface area (Å²) in [6, 6.07) is 19.2. The third kappa shape index (κ3) is 3.64. The average Bonchev–Trinajstić information content (AvgIpc) is 3.03. The van der Waals surface area contributed by atoms with Gasteiger partial charge in [0.2, 0.25) is 0 Å². The number of hydrogen-bond donors (Lipinski definition) is 1. The van der Waals surface area contributed by atoms with Crippen molar-refractivity contribution in [2.75, 3.05) is 0 Å². The van der Waals surface area contributed by atoms with E-state index in [4.69, 9.17) is 0 Å². The number of aryl methyl sites for hydroxylation is 1. The van der Waals surface area contributed by atoms with Crippen molar-refractivity contribution in [3.63, 3.8) is 0 Å². The van der Waals surface area contributed by atoms with Crippen LogP contribution >= 0.6 is 0 Å². The highest BCUT2D eigenvalue weighted by molar-refractivity contribution is 5.58. The van der Waals surface area contributed by atoms with Crippen LogP contribution in [-0.4, -0.2) is 9.97 Å². The Morgan fingerprint density at radius 3 is 2.41 bits per heavy atom. The summed E-state index contributed by atoms with van der Waals surface area (Å²) in [5.41, 5.74) is 4.98. The van der Waals surface area contributed by atoms with Crippen molar-refractivity contribution in [2.24, 2.45) is 0 Å². The molecule has 2 nitrogen and oxygen atoms in total. The first-order valence-corrected chi connectivity index (χ1v) is 8.02. The predicted octanol–water partition coefficient (Wildman–Crippen LogP) is 5.01. The molecule has 2 heteroatoms. The van der Waals surface area contributed by atoms with Crippen molar-refractivity contribution in [3.8, 4) is 11.3 Å². The zero-order valence-electron chi connectivity index (χ0n) is 13.0. The minimum Gasteiger partial charge on any atom is -0.342 e. The number of aromatic nitrogens is 2. The zero-order chi connectivity index (χ0) is 15.2. The molecule has 0 aliphatic heterocycles. The van der Waals surface area contributed by atoms with Crippen LogP contribution in [0.5, 0.6) is 0 Å². The molecule has 3 aromatic rings. The van der Waals surface area contributed by atoms with Crippen molar-refractivity contribution in [1.29, 1.82) is 0 Å². The first-order chi connectivity index (χ1) is 10.8. The largest absolute Gasteiger partial charge is 0.342 e. The minimum absolute atomic E-state index is 0.843. The lowest BCUT2D eigenvalue weighted by Crippen LogP contribution is -1.90. The van der Waals surface area contributed by atoms with Gasteiger partial charge in [0.25, 0.3) is 0 Å². The predicted molar refractivity (Wildman–Crippen MR) is 91.9 cm³/mol. The van der Waals surface area contributed by atoms with E-state index >= 15 is 0 Å². The van der Waals surface area contributed by atoms with Gasteiger partial charge in [-0.1, -0.05) is 67.9 Å². The van der Waals surface area contributed by atoms with E-state index in [1.165, 1.54) is 36.0 Å². The molecule has 0 unspecified atom stereocenters. The smallest absolute Gasteiger partial charge is 0.110 e. The number of rotatable bonds is 6. The number of hydrogen-bond acceptors (Lipinski definition) is 1. The summed E-state index contributed by atoms with van der Waals surface area (Å²) in [6.07, 6.45) is 6.43. The van der Waals surface area contributed by atoms with Crippen LogP contribution in [0.3, 0.4) is 0 Å². The molecule has 1 aromatic heterocycles. The summed E-state index contributed by atoms with van der Waals surface area (Å²) in [5, 5.41) is 0. The first kappa shape index (κ1) is 14.6. The van der Waals surface area contributed by atoms with Crippen LogP contribution in [0.4, 0.5) is 0 Å². The lowest BCUT2D eigenvalue weighted by molar-refractivity contribution is 0.795. The Morgan fingerprint density at radius 1 is 0.909 bits per heavy atom. The van der Waals surface area contributed by atoms with Gasteiger partial charge in [0.05, 0.1) is 11.9 Å². The Kier molecular flexibility index (Phi) is 4.69. The summed E-state index contributed by atoms with van der Waals surface area (Å²) < 4.78 is 0. The summed E-state index contributed by atoms with van der Waals surface area (Å²) >= 11 is 0. The van der Waals surface area contributed by atoms with Crippen molar-refractivity contribution < 1.29 is 0 Å². The van der Waals surface area contributed by atoms with E-state index < -0.39 is 0 Å². The highest BCUT2D eigenvalue weighted by Crippen LogP contribution is 2.19. The number of unbranched alkanes of at least 4 members (excludes halogenated alkanes) is 1. The van der Waals surface area contributed by atoms with Crippen LogP contribution in [0, 0.1) is 0 Å². The number of benzene rings is 2. The van der Waals surface area contributed by atoms with Crippen LogP contribution in [-0.2, 0) is 12.8 Å². The van der Waals surface area contributed by atoms with E-state index in [1.54, 1.807) is 0 Å². The number of aromatic amines is 1. The third-order valence-corrected chi connectivity index (χ3v) is 3.93. The minimum atomic E-state index is 0.843. The molecule has 0 bridgehead atoms. The van der Waals surface area contributed by atoms with Gasteiger partial charge >= 0.3 is 0 Å². The van der Waals surface area contributed by atoms with Gasteiger partial charge in [-0.05, 0) is 29.5 Å². The molecule has 0 fully saturated rings. The van der Waals surface area contributed by atoms with Crippen molar-refractivity contribution in [3.05, 3.63) is 77.7 Å². The Balaban J connectivity index is 1.70. The normalized spacial score (nSPS) is 10.8. The molecule has 112 valence electrons. The van der Waals surface area contributed by atoms with Gasteiger partial charge in [0, 0.05) is 6.42 Å². The Bertz CT molecular complexity index is 696. The van der Waals surface area contributed by atoms with E-state index in [-0.39, 0.29) is 0 Å². The second-order valence-corrected chi connectivity index (χ2v) is 5.71. The van der Waals surface area contributed by atoms with Crippen molar-refractivity contribution in [1.82, 2.24) is 9.97 Å². The number of imidazole rings is 1. The molecule has 0 aliphatic rings. The maximum atomic E-state index is 4.50. The third-order valence-electron chi connectivity index (χ3n) is 3.93. The Hall–Kier alpha value is -2.35. The molecule has 1 heterocycles. The summed E-state index contributed by atoms with van der Waals surface area (Å²) in [7, 11) is 0. The van der Waals surface area contributed by atoms with E-state index in [9.17, 15) is 0 Å². The standard InChI is InChI=1S/C20H22N2/c1-2-3-7-16-10-12-18(13-11-16)19-15-21-20(22-19)14-17-8-5-4-6-9-17/h4-6,8-13,15H,2-3,7,14H2,1H3,(H,21,22). The quantitative estimate of drug-likeness (QED) is 0.679. The fourth-order valence-corrected chi connectivity index (χ4v) is 2.62. The molecule has 0 radical (unpaired) electrons. The summed E-state index contributed by atoms with van der Waals surface area (Å²) in [6.45, 7) is 2.23. The highest BCUT2D eigenvalue weighted by Gasteiger charge is 2.04. The van der Waals surface area contributed by atoms with Crippen molar-refractivity contribution >= 4 is 0 Å². The molecular formula is C20H22N2. The van der Waals surface area contributed by atoms with E-state index in [2.05, 4.69) is 65.4 Å². The molecule has 0 atom stereocenters. The van der Waals surface area contributed by atoms with Crippen LogP contribution in [0.2, 0.25) is 0 Å². The zero-order valence-corrected chi connectivity index (χ0v) is 13.0. The summed E-state index contributed by atoms with van der Waals surface area (Å²) in [4.78, 5) is 7.93. The first-order valence-electron chi connectivity index (χ1n) is 8.02. The second kappa shape index (κ2) is 7.08. The summed E-state index contributed by atoms with van der Waals surface area (Å²) in [5.74, 6) is 1.01. The Morgan fingerprint density at radius 2 is 1.68 bits per heavy atom. The molecule has 0 saturated heterocycles. The fourth-order valence-electron chi connectivity index (χ4n) is 2.62. The molecule has 22 heavy (non-hydrogen) atoms. The van der Waals surface area contributed by atoms with Gasteiger partial charge in [-0.3, -0.25) is 0 Å². The lowest BCUT2D eigenvalue weighted by Gasteiger charge is -2.02. The number of H-pyrrole nitrogens is 1. The van der Waals surface area contributed by atoms with Crippen LogP contribution < -0.4 is 0 Å². The maximum Gasteiger partial charge on any atom is 0.110 e. The molecule has 0 saturated carbocycles. The van der Waals surface area contributed by atoms with Crippen LogP contribution in [0.25, 0.3) is 11.3 Å².